The summed E-state index contributed by atoms with van der Waals surface area (Å²) in [6, 6.07) is 0.824. The van der Waals surface area contributed by atoms with Gasteiger partial charge in [0.25, 0.3) is 0 Å². The zero-order chi connectivity index (χ0) is 16.8. The topological polar surface area (TPSA) is 58.1 Å². The molecule has 1 aliphatic carbocycles. The molecule has 0 radical (unpaired) electrons. The van der Waals surface area contributed by atoms with Gasteiger partial charge in [-0.25, -0.2) is 0 Å². The van der Waals surface area contributed by atoms with Crippen molar-refractivity contribution in [1.29, 1.82) is 0 Å². The maximum Gasteiger partial charge on any atom is 0.191 e. The standard InChI is InChI=1S/C17H36N4O2/c1-4-6-12-22-14-15-23-13-10-20-17(18-3)19-9-11-21(5-2)16-7-8-16/h16H,4-15H2,1-3H3,(H2,18,19,20). The molecule has 0 aromatic carbocycles. The second-order valence-corrected chi connectivity index (χ2v) is 5.86. The van der Waals surface area contributed by atoms with E-state index in [1.807, 2.05) is 0 Å². The van der Waals surface area contributed by atoms with Gasteiger partial charge in [0.1, 0.15) is 0 Å². The highest BCUT2D eigenvalue weighted by Gasteiger charge is 2.27. The first-order valence-electron chi connectivity index (χ1n) is 9.15. The number of ether oxygens (including phenoxy) is 2. The lowest BCUT2D eigenvalue weighted by Gasteiger charge is -2.20. The van der Waals surface area contributed by atoms with E-state index in [0.29, 0.717) is 19.8 Å². The van der Waals surface area contributed by atoms with E-state index in [4.69, 9.17) is 9.47 Å². The van der Waals surface area contributed by atoms with Crippen molar-refractivity contribution in [2.24, 2.45) is 4.99 Å². The SMILES string of the molecule is CCCCOCCOCCNC(=NC)NCCN(CC)C1CC1. The van der Waals surface area contributed by atoms with Gasteiger partial charge in [-0.2, -0.15) is 0 Å². The maximum atomic E-state index is 5.53. The molecule has 1 rings (SSSR count). The van der Waals surface area contributed by atoms with E-state index in [1.54, 1.807) is 7.05 Å². The monoisotopic (exact) mass is 328 g/mol. The minimum absolute atomic E-state index is 0.657. The Morgan fingerprint density at radius 3 is 2.35 bits per heavy atom. The third kappa shape index (κ3) is 10.5. The van der Waals surface area contributed by atoms with Crippen molar-refractivity contribution in [3.63, 3.8) is 0 Å². The minimum atomic E-state index is 0.657. The molecule has 0 aromatic rings. The zero-order valence-electron chi connectivity index (χ0n) is 15.3. The number of rotatable bonds is 14. The van der Waals surface area contributed by atoms with Crippen molar-refractivity contribution in [2.45, 2.75) is 45.6 Å². The van der Waals surface area contributed by atoms with E-state index in [1.165, 1.54) is 19.3 Å². The molecule has 6 nitrogen and oxygen atoms in total. The van der Waals surface area contributed by atoms with E-state index in [2.05, 4.69) is 34.4 Å². The van der Waals surface area contributed by atoms with Gasteiger partial charge < -0.3 is 20.1 Å². The van der Waals surface area contributed by atoms with Gasteiger partial charge in [-0.3, -0.25) is 9.89 Å². The molecule has 6 heteroatoms. The van der Waals surface area contributed by atoms with Crippen LogP contribution < -0.4 is 10.6 Å². The highest BCUT2D eigenvalue weighted by Crippen LogP contribution is 2.25. The molecule has 1 saturated carbocycles. The fourth-order valence-corrected chi connectivity index (χ4v) is 2.39. The number of nitrogens with zero attached hydrogens (tertiary/aromatic N) is 2. The Kier molecular flexibility index (Phi) is 11.9. The van der Waals surface area contributed by atoms with Crippen molar-refractivity contribution in [3.8, 4) is 0 Å². The Balaban J connectivity index is 1.93. The summed E-state index contributed by atoms with van der Waals surface area (Å²) in [5.41, 5.74) is 0. The molecule has 2 N–H and O–H groups in total. The van der Waals surface area contributed by atoms with Crippen LogP contribution in [-0.4, -0.2) is 76.6 Å². The van der Waals surface area contributed by atoms with Crippen LogP contribution in [0.5, 0.6) is 0 Å². The Morgan fingerprint density at radius 2 is 1.74 bits per heavy atom. The molecule has 1 fully saturated rings. The predicted molar refractivity (Wildman–Crippen MR) is 96.2 cm³/mol. The van der Waals surface area contributed by atoms with Gasteiger partial charge in [0.05, 0.1) is 19.8 Å². The molecular formula is C17H36N4O2. The molecule has 1 aliphatic rings. The second-order valence-electron chi connectivity index (χ2n) is 5.86. The first-order valence-corrected chi connectivity index (χ1v) is 9.15. The van der Waals surface area contributed by atoms with Crippen LogP contribution in [0.1, 0.15) is 39.5 Å². The summed E-state index contributed by atoms with van der Waals surface area (Å²) in [4.78, 5) is 6.76. The highest BCUT2D eigenvalue weighted by molar-refractivity contribution is 5.79. The number of aliphatic imine (C=N–C) groups is 1. The van der Waals surface area contributed by atoms with Crippen LogP contribution >= 0.6 is 0 Å². The summed E-state index contributed by atoms with van der Waals surface area (Å²) in [5.74, 6) is 0.847. The second kappa shape index (κ2) is 13.6. The van der Waals surface area contributed by atoms with Gasteiger partial charge in [0.15, 0.2) is 5.96 Å². The third-order valence-electron chi connectivity index (χ3n) is 3.94. The van der Waals surface area contributed by atoms with E-state index in [0.717, 1.165) is 51.2 Å². The predicted octanol–water partition coefficient (Wildman–Crippen LogP) is 1.47. The Labute approximate surface area is 142 Å². The van der Waals surface area contributed by atoms with Gasteiger partial charge >= 0.3 is 0 Å². The molecule has 0 aromatic heterocycles. The van der Waals surface area contributed by atoms with Gasteiger partial charge in [0.2, 0.25) is 0 Å². The first-order chi connectivity index (χ1) is 11.3. The lowest BCUT2D eigenvalue weighted by atomic mass is 10.4. The number of guanidine groups is 1. The molecule has 0 aliphatic heterocycles. The third-order valence-corrected chi connectivity index (χ3v) is 3.94. The Morgan fingerprint density at radius 1 is 1.04 bits per heavy atom. The average molecular weight is 329 g/mol. The van der Waals surface area contributed by atoms with Gasteiger partial charge in [0, 0.05) is 39.3 Å². The fourth-order valence-electron chi connectivity index (χ4n) is 2.39. The quantitative estimate of drug-likeness (QED) is 0.287. The summed E-state index contributed by atoms with van der Waals surface area (Å²) in [7, 11) is 1.80. The molecule has 0 heterocycles. The number of hydrogen-bond acceptors (Lipinski definition) is 4. The normalized spacial score (nSPS) is 15.2. The lowest BCUT2D eigenvalue weighted by Crippen LogP contribution is -2.43. The van der Waals surface area contributed by atoms with Crippen LogP contribution in [0.4, 0.5) is 0 Å². The van der Waals surface area contributed by atoms with Crippen LogP contribution in [0.25, 0.3) is 0 Å². The molecule has 0 unspecified atom stereocenters. The summed E-state index contributed by atoms with van der Waals surface area (Å²) < 4.78 is 11.0. The fraction of sp³-hybridized carbons (Fsp3) is 0.941. The molecule has 0 saturated heterocycles. The van der Waals surface area contributed by atoms with Crippen molar-refractivity contribution in [1.82, 2.24) is 15.5 Å². The number of nitrogens with one attached hydrogen (secondary N) is 2. The summed E-state index contributed by atoms with van der Waals surface area (Å²) in [6.45, 7) is 11.1. The highest BCUT2D eigenvalue weighted by atomic mass is 16.5. The van der Waals surface area contributed by atoms with E-state index in [9.17, 15) is 0 Å². The van der Waals surface area contributed by atoms with Crippen LogP contribution in [0.2, 0.25) is 0 Å². The van der Waals surface area contributed by atoms with Gasteiger partial charge in [-0.05, 0) is 25.8 Å². The molecular weight excluding hydrogens is 292 g/mol. The van der Waals surface area contributed by atoms with Crippen molar-refractivity contribution >= 4 is 5.96 Å². The molecule has 23 heavy (non-hydrogen) atoms. The van der Waals surface area contributed by atoms with Crippen LogP contribution in [0.15, 0.2) is 4.99 Å². The van der Waals surface area contributed by atoms with Gasteiger partial charge in [-0.1, -0.05) is 20.3 Å². The van der Waals surface area contributed by atoms with Crippen molar-refractivity contribution in [2.75, 3.05) is 59.7 Å². The number of likely N-dealkylation sites (N-methyl/N-ethyl adjacent to an activating group) is 1. The summed E-state index contributed by atoms with van der Waals surface area (Å²) >= 11 is 0. The average Bonchev–Trinajstić information content (AvgIpc) is 3.40. The number of hydrogen-bond donors (Lipinski definition) is 2. The molecule has 0 bridgehead atoms. The summed E-state index contributed by atoms with van der Waals surface area (Å²) in [6.07, 6.45) is 5.02. The van der Waals surface area contributed by atoms with Crippen LogP contribution in [0, 0.1) is 0 Å². The molecule has 136 valence electrons. The van der Waals surface area contributed by atoms with Crippen LogP contribution in [0.3, 0.4) is 0 Å². The molecule has 0 amide bonds. The minimum Gasteiger partial charge on any atom is -0.379 e. The lowest BCUT2D eigenvalue weighted by molar-refractivity contribution is 0.0487. The number of unbranched alkanes of at least 4 members (excludes halogenated alkanes) is 1. The van der Waals surface area contributed by atoms with E-state index < -0.39 is 0 Å². The van der Waals surface area contributed by atoms with E-state index in [-0.39, 0.29) is 0 Å². The maximum absolute atomic E-state index is 5.53. The Hall–Kier alpha value is -0.850. The largest absolute Gasteiger partial charge is 0.379 e. The van der Waals surface area contributed by atoms with Gasteiger partial charge in [-0.15, -0.1) is 0 Å². The summed E-state index contributed by atoms with van der Waals surface area (Å²) in [5, 5.41) is 6.63. The zero-order valence-corrected chi connectivity index (χ0v) is 15.3. The van der Waals surface area contributed by atoms with E-state index >= 15 is 0 Å². The Bertz CT molecular complexity index is 309. The van der Waals surface area contributed by atoms with Crippen molar-refractivity contribution < 1.29 is 9.47 Å². The van der Waals surface area contributed by atoms with Crippen LogP contribution in [-0.2, 0) is 9.47 Å². The molecule has 0 atom stereocenters. The van der Waals surface area contributed by atoms with Crippen molar-refractivity contribution in [3.05, 3.63) is 0 Å². The smallest absolute Gasteiger partial charge is 0.191 e. The first kappa shape index (κ1) is 20.2. The molecule has 0 spiro atoms.